The predicted octanol–water partition coefficient (Wildman–Crippen LogP) is 1.51. The molecule has 0 fully saturated rings. The van der Waals surface area contributed by atoms with Crippen LogP contribution in [0.3, 0.4) is 0 Å². The van der Waals surface area contributed by atoms with Gasteiger partial charge in [-0.05, 0) is 13.0 Å². The van der Waals surface area contributed by atoms with Crippen molar-refractivity contribution >= 4 is 27.4 Å². The maximum absolute atomic E-state index is 11.0. The molecule has 0 aromatic carbocycles. The number of hydrogen-bond donors (Lipinski definition) is 0. The molecule has 0 rings (SSSR count). The van der Waals surface area contributed by atoms with E-state index in [1.807, 2.05) is 0 Å². The van der Waals surface area contributed by atoms with E-state index in [0.717, 1.165) is 6.26 Å². The topological polar surface area (TPSA) is 60.4 Å². The van der Waals surface area contributed by atoms with Crippen LogP contribution in [-0.2, 0) is 19.4 Å². The number of carbonyl (C=O) groups is 1. The van der Waals surface area contributed by atoms with Gasteiger partial charge in [-0.2, -0.15) is 0 Å². The fraction of sp³-hybridized carbons (Fsp3) is 0.556. The molecular formula is C9H14ClO4S+. The van der Waals surface area contributed by atoms with Crippen molar-refractivity contribution in [2.45, 2.75) is 13.3 Å². The second-order valence-corrected chi connectivity index (χ2v) is 5.63. The van der Waals surface area contributed by atoms with Gasteiger partial charge in [-0.3, -0.25) is 4.79 Å². The first-order valence-corrected chi connectivity index (χ1v) is 6.60. The van der Waals surface area contributed by atoms with E-state index < -0.39 is 21.7 Å². The van der Waals surface area contributed by atoms with Gasteiger partial charge in [0.2, 0.25) is 0 Å². The molecule has 86 valence electrons. The first kappa shape index (κ1) is 14.3. The van der Waals surface area contributed by atoms with Crippen molar-refractivity contribution in [3.8, 4) is 0 Å². The minimum atomic E-state index is -3.41. The maximum atomic E-state index is 11.0. The molecule has 0 aromatic rings. The van der Waals surface area contributed by atoms with Crippen molar-refractivity contribution in [2.75, 3.05) is 12.9 Å². The van der Waals surface area contributed by atoms with Crippen LogP contribution in [0.15, 0.2) is 10.4 Å². The predicted molar refractivity (Wildman–Crippen MR) is 58.9 cm³/mol. The van der Waals surface area contributed by atoms with Crippen LogP contribution in [0.25, 0.3) is 0 Å². The summed E-state index contributed by atoms with van der Waals surface area (Å²) in [6.07, 6.45) is 2.23. The molecule has 0 saturated heterocycles. The summed E-state index contributed by atoms with van der Waals surface area (Å²) < 4.78 is 26.2. The summed E-state index contributed by atoms with van der Waals surface area (Å²) in [6.45, 7) is 5.56. The molecule has 0 aromatic heterocycles. The van der Waals surface area contributed by atoms with Gasteiger partial charge in [-0.1, -0.05) is 11.6 Å². The summed E-state index contributed by atoms with van der Waals surface area (Å²) >= 11 is 5.49. The fourth-order valence-corrected chi connectivity index (χ4v) is 1.42. The summed E-state index contributed by atoms with van der Waals surface area (Å²) in [5, 5.41) is 0. The smallest absolute Gasteiger partial charge is 0.310 e. The van der Waals surface area contributed by atoms with E-state index in [2.05, 4.69) is 11.7 Å². The van der Waals surface area contributed by atoms with Gasteiger partial charge in [-0.25, -0.2) is 8.42 Å². The second-order valence-electron chi connectivity index (χ2n) is 3.01. The highest BCUT2D eigenvalue weighted by Gasteiger charge is 2.17. The summed E-state index contributed by atoms with van der Waals surface area (Å²) in [5.74, 6) is -0.932. The standard InChI is InChI=1S/C9H14ClO4S/c1-4-14-9(11)6-7(2)5-8(10)15(3,12)13/h5,7H,2,4,6H2,1,3H3/q+1/b8-5+. The highest BCUT2D eigenvalue weighted by atomic mass is 35.5. The van der Waals surface area contributed by atoms with Gasteiger partial charge in [0.1, 0.15) is 10.3 Å². The molecule has 0 N–H and O–H groups in total. The van der Waals surface area contributed by atoms with Gasteiger partial charge in [0, 0.05) is 6.26 Å². The van der Waals surface area contributed by atoms with Crippen LogP contribution in [0.5, 0.6) is 0 Å². The van der Waals surface area contributed by atoms with Gasteiger partial charge in [0.15, 0.2) is 9.84 Å². The Morgan fingerprint density at radius 1 is 1.60 bits per heavy atom. The molecule has 0 radical (unpaired) electrons. The average Bonchev–Trinajstić information content (AvgIpc) is 2.01. The maximum Gasteiger partial charge on any atom is 0.310 e. The van der Waals surface area contributed by atoms with Gasteiger partial charge in [0.25, 0.3) is 0 Å². The molecule has 0 bridgehead atoms. The van der Waals surface area contributed by atoms with Crippen molar-refractivity contribution < 1.29 is 17.9 Å². The summed E-state index contributed by atoms with van der Waals surface area (Å²) in [4.78, 5) is 11.0. The lowest BCUT2D eigenvalue weighted by Crippen LogP contribution is -2.09. The normalized spacial score (nSPS) is 14.7. The number of ether oxygens (including phenoxy) is 1. The van der Waals surface area contributed by atoms with E-state index in [1.54, 1.807) is 6.92 Å². The van der Waals surface area contributed by atoms with Gasteiger partial charge < -0.3 is 4.74 Å². The van der Waals surface area contributed by atoms with Crippen molar-refractivity contribution in [2.24, 2.45) is 5.92 Å². The van der Waals surface area contributed by atoms with E-state index >= 15 is 0 Å². The molecule has 15 heavy (non-hydrogen) atoms. The molecule has 0 heterocycles. The number of hydrogen-bond acceptors (Lipinski definition) is 4. The molecule has 0 aliphatic heterocycles. The SMILES string of the molecule is [CH2+]C(/C=C(\Cl)S(C)(=O)=O)CC(=O)OCC. The molecule has 0 aliphatic carbocycles. The minimum absolute atomic E-state index is 0.0135. The number of sulfone groups is 1. The third kappa shape index (κ3) is 6.41. The Morgan fingerprint density at radius 2 is 2.13 bits per heavy atom. The lowest BCUT2D eigenvalue weighted by Gasteiger charge is -2.02. The van der Waals surface area contributed by atoms with E-state index in [-0.39, 0.29) is 17.4 Å². The average molecular weight is 254 g/mol. The Labute approximate surface area is 95.2 Å². The van der Waals surface area contributed by atoms with Crippen LogP contribution in [0.4, 0.5) is 0 Å². The van der Waals surface area contributed by atoms with Crippen molar-refractivity contribution in [3.63, 3.8) is 0 Å². The van der Waals surface area contributed by atoms with Gasteiger partial charge >= 0.3 is 5.97 Å². The van der Waals surface area contributed by atoms with Crippen LogP contribution in [0, 0.1) is 12.8 Å². The molecule has 0 saturated carbocycles. The van der Waals surface area contributed by atoms with Crippen LogP contribution in [0.2, 0.25) is 0 Å². The van der Waals surface area contributed by atoms with E-state index in [4.69, 9.17) is 11.6 Å². The first-order chi connectivity index (χ1) is 6.77. The van der Waals surface area contributed by atoms with Gasteiger partial charge in [-0.15, -0.1) is 0 Å². The Balaban J connectivity index is 4.37. The van der Waals surface area contributed by atoms with Crippen molar-refractivity contribution in [1.82, 2.24) is 0 Å². The lowest BCUT2D eigenvalue weighted by atomic mass is 10.1. The molecule has 1 unspecified atom stereocenters. The van der Waals surface area contributed by atoms with E-state index in [1.165, 1.54) is 6.08 Å². The van der Waals surface area contributed by atoms with Crippen LogP contribution in [0.1, 0.15) is 13.3 Å². The quantitative estimate of drug-likeness (QED) is 0.551. The Bertz CT molecular complexity index is 345. The zero-order valence-electron chi connectivity index (χ0n) is 8.70. The summed E-state index contributed by atoms with van der Waals surface area (Å²) in [5.41, 5.74) is 0. The largest absolute Gasteiger partial charge is 0.466 e. The Hall–Kier alpha value is -0.680. The third-order valence-electron chi connectivity index (χ3n) is 1.46. The molecular weight excluding hydrogens is 240 g/mol. The fourth-order valence-electron chi connectivity index (χ4n) is 0.802. The zero-order chi connectivity index (χ0) is 12.1. The highest BCUT2D eigenvalue weighted by Crippen LogP contribution is 2.15. The van der Waals surface area contributed by atoms with Crippen LogP contribution in [-0.4, -0.2) is 27.2 Å². The van der Waals surface area contributed by atoms with Gasteiger partial charge in [0.05, 0.1) is 20.0 Å². The monoisotopic (exact) mass is 253 g/mol. The number of allylic oxidation sites excluding steroid dienone is 1. The first-order valence-electron chi connectivity index (χ1n) is 4.33. The van der Waals surface area contributed by atoms with E-state index in [9.17, 15) is 13.2 Å². The van der Waals surface area contributed by atoms with Crippen LogP contribution >= 0.6 is 11.6 Å². The Kier molecular flexibility index (Phi) is 5.75. The number of rotatable bonds is 5. The van der Waals surface area contributed by atoms with Crippen molar-refractivity contribution in [3.05, 3.63) is 17.4 Å². The molecule has 6 heteroatoms. The summed E-state index contributed by atoms with van der Waals surface area (Å²) in [7, 11) is -3.41. The number of carbonyl (C=O) groups excluding carboxylic acids is 1. The van der Waals surface area contributed by atoms with Crippen LogP contribution < -0.4 is 0 Å². The lowest BCUT2D eigenvalue weighted by molar-refractivity contribution is -0.143. The molecule has 0 aliphatic rings. The highest BCUT2D eigenvalue weighted by molar-refractivity contribution is 7.96. The molecule has 4 nitrogen and oxygen atoms in total. The zero-order valence-corrected chi connectivity index (χ0v) is 10.3. The summed E-state index contributed by atoms with van der Waals surface area (Å²) in [6, 6.07) is 0. The molecule has 1 atom stereocenters. The Morgan fingerprint density at radius 3 is 2.53 bits per heavy atom. The second kappa shape index (κ2) is 6.02. The molecule has 0 spiro atoms. The van der Waals surface area contributed by atoms with Crippen molar-refractivity contribution in [1.29, 1.82) is 0 Å². The third-order valence-corrected chi connectivity index (χ3v) is 3.27. The number of esters is 1. The van der Waals surface area contributed by atoms with E-state index in [0.29, 0.717) is 0 Å². The number of halogens is 1. The molecule has 0 amide bonds. The minimum Gasteiger partial charge on any atom is -0.466 e.